The number of amides is 1. The molecule has 1 amide bonds. The first kappa shape index (κ1) is 25.1. The minimum atomic E-state index is -4.75. The molecule has 3 heterocycles. The van der Waals surface area contributed by atoms with Crippen LogP contribution < -0.4 is 9.64 Å². The van der Waals surface area contributed by atoms with Gasteiger partial charge in [-0.1, -0.05) is 23.5 Å². The summed E-state index contributed by atoms with van der Waals surface area (Å²) in [4.78, 5) is 21.3. The molecule has 0 radical (unpaired) electrons. The fraction of sp³-hybridized carbons (Fsp3) is 0.522. The Morgan fingerprint density at radius 2 is 1.94 bits per heavy atom. The quantitative estimate of drug-likeness (QED) is 0.454. The first-order valence-electron chi connectivity index (χ1n) is 11.3. The predicted molar refractivity (Wildman–Crippen MR) is 127 cm³/mol. The van der Waals surface area contributed by atoms with Crippen LogP contribution in [0.4, 0.5) is 23.1 Å². The van der Waals surface area contributed by atoms with Crippen molar-refractivity contribution in [2.24, 2.45) is 5.92 Å². The van der Waals surface area contributed by atoms with Gasteiger partial charge in [-0.3, -0.25) is 0 Å². The van der Waals surface area contributed by atoms with Crippen molar-refractivity contribution in [1.29, 1.82) is 0 Å². The Kier molecular flexibility index (Phi) is 6.85. The third-order valence-corrected chi connectivity index (χ3v) is 6.56. The van der Waals surface area contributed by atoms with Crippen LogP contribution in [0.5, 0.6) is 5.75 Å². The van der Waals surface area contributed by atoms with Crippen molar-refractivity contribution < 1.29 is 27.4 Å². The number of halogens is 3. The summed E-state index contributed by atoms with van der Waals surface area (Å²) in [7, 11) is 1.97. The van der Waals surface area contributed by atoms with E-state index >= 15 is 0 Å². The maximum absolute atomic E-state index is 12.5. The van der Waals surface area contributed by atoms with Crippen molar-refractivity contribution in [3.05, 3.63) is 30.5 Å². The fourth-order valence-electron chi connectivity index (χ4n) is 3.93. The van der Waals surface area contributed by atoms with E-state index in [-0.39, 0.29) is 11.8 Å². The van der Waals surface area contributed by atoms with E-state index in [1.165, 1.54) is 29.5 Å². The third kappa shape index (κ3) is 6.56. The molecule has 1 aromatic carbocycles. The Balaban J connectivity index is 1.36. The molecule has 0 spiro atoms. The summed E-state index contributed by atoms with van der Waals surface area (Å²) in [5, 5.41) is 5.39. The molecule has 0 bridgehead atoms. The standard InChI is InChI=1S/C23H28F3N5O3S/c1-22(2,3)34-21(32)30-10-8-15(9-11-30)13-29(4)20-28-31-14-18(27-19(31)35-20)16-6-5-7-17(12-16)33-23(24,25)26/h5-7,12,14-15H,8-11,13H2,1-4H3. The van der Waals surface area contributed by atoms with Crippen molar-refractivity contribution in [2.75, 3.05) is 31.6 Å². The number of piperidine rings is 1. The van der Waals surface area contributed by atoms with E-state index < -0.39 is 12.0 Å². The molecule has 0 N–H and O–H groups in total. The summed E-state index contributed by atoms with van der Waals surface area (Å²) in [6, 6.07) is 5.71. The first-order chi connectivity index (χ1) is 16.4. The highest BCUT2D eigenvalue weighted by molar-refractivity contribution is 7.20. The van der Waals surface area contributed by atoms with Gasteiger partial charge in [0.05, 0.1) is 11.9 Å². The molecule has 0 saturated carbocycles. The molecule has 0 aliphatic carbocycles. The van der Waals surface area contributed by atoms with Crippen molar-refractivity contribution in [3.8, 4) is 17.0 Å². The minimum absolute atomic E-state index is 0.267. The number of hydrogen-bond donors (Lipinski definition) is 0. The minimum Gasteiger partial charge on any atom is -0.444 e. The zero-order valence-electron chi connectivity index (χ0n) is 20.0. The molecule has 1 saturated heterocycles. The van der Waals surface area contributed by atoms with Crippen molar-refractivity contribution in [3.63, 3.8) is 0 Å². The SMILES string of the molecule is CN(CC1CCN(C(=O)OC(C)(C)C)CC1)c1nn2cc(-c3cccc(OC(F)(F)F)c3)nc2s1. The number of rotatable bonds is 5. The number of fused-ring (bicyclic) bond motifs is 1. The lowest BCUT2D eigenvalue weighted by molar-refractivity contribution is -0.274. The lowest BCUT2D eigenvalue weighted by atomic mass is 9.97. The lowest BCUT2D eigenvalue weighted by Gasteiger charge is -2.34. The molecule has 12 heteroatoms. The van der Waals surface area contributed by atoms with Crippen molar-refractivity contribution in [1.82, 2.24) is 19.5 Å². The molecule has 8 nitrogen and oxygen atoms in total. The highest BCUT2D eigenvalue weighted by Crippen LogP contribution is 2.31. The van der Waals surface area contributed by atoms with Crippen LogP contribution in [0.15, 0.2) is 30.5 Å². The van der Waals surface area contributed by atoms with E-state index in [0.717, 1.165) is 24.5 Å². The van der Waals surface area contributed by atoms with Gasteiger partial charge < -0.3 is 19.3 Å². The molecule has 0 unspecified atom stereocenters. The van der Waals surface area contributed by atoms with E-state index in [1.807, 2.05) is 27.8 Å². The van der Waals surface area contributed by atoms with E-state index in [1.54, 1.807) is 21.7 Å². The molecule has 0 atom stereocenters. The topological polar surface area (TPSA) is 72.2 Å². The molecule has 4 rings (SSSR count). The zero-order chi connectivity index (χ0) is 25.4. The summed E-state index contributed by atoms with van der Waals surface area (Å²) in [6.07, 6.45) is -1.56. The second-order valence-electron chi connectivity index (χ2n) is 9.60. The van der Waals surface area contributed by atoms with Crippen molar-refractivity contribution >= 4 is 27.5 Å². The van der Waals surface area contributed by atoms with Crippen LogP contribution in [0.25, 0.3) is 16.2 Å². The van der Waals surface area contributed by atoms with Crippen LogP contribution in [0.2, 0.25) is 0 Å². The van der Waals surface area contributed by atoms with E-state index in [4.69, 9.17) is 4.74 Å². The number of benzene rings is 1. The molecular formula is C23H28F3N5O3S. The highest BCUT2D eigenvalue weighted by atomic mass is 32.1. The van der Waals surface area contributed by atoms with Crippen molar-refractivity contribution in [2.45, 2.75) is 45.6 Å². The van der Waals surface area contributed by atoms with Crippen LogP contribution in [-0.4, -0.2) is 64.2 Å². The van der Waals surface area contributed by atoms with Gasteiger partial charge in [-0.05, 0) is 51.7 Å². The van der Waals surface area contributed by atoms with E-state index in [2.05, 4.69) is 19.7 Å². The normalized spacial score (nSPS) is 15.5. The number of carbonyl (C=O) groups is 1. The Morgan fingerprint density at radius 3 is 2.57 bits per heavy atom. The number of alkyl halides is 3. The maximum atomic E-state index is 12.5. The Morgan fingerprint density at radius 1 is 1.23 bits per heavy atom. The molecule has 3 aromatic rings. The molecule has 1 aliphatic rings. The average molecular weight is 512 g/mol. The Labute approximate surface area is 205 Å². The largest absolute Gasteiger partial charge is 0.573 e. The molecule has 1 aliphatic heterocycles. The predicted octanol–water partition coefficient (Wildman–Crippen LogP) is 5.44. The number of hydrogen-bond acceptors (Lipinski definition) is 7. The van der Waals surface area contributed by atoms with Gasteiger partial charge in [0.25, 0.3) is 0 Å². The van der Waals surface area contributed by atoms with E-state index in [0.29, 0.717) is 35.2 Å². The first-order valence-corrected chi connectivity index (χ1v) is 12.1. The molecule has 190 valence electrons. The van der Waals surface area contributed by atoms with Crippen LogP contribution in [-0.2, 0) is 4.74 Å². The van der Waals surface area contributed by atoms with Gasteiger partial charge >= 0.3 is 12.5 Å². The number of nitrogens with zero attached hydrogens (tertiary/aromatic N) is 5. The molecule has 35 heavy (non-hydrogen) atoms. The number of aromatic nitrogens is 3. The number of imidazole rings is 1. The number of anilines is 1. The summed E-state index contributed by atoms with van der Waals surface area (Å²) in [6.45, 7) is 7.70. The summed E-state index contributed by atoms with van der Waals surface area (Å²) in [5.74, 6) is 0.124. The van der Waals surface area contributed by atoms with Gasteiger partial charge in [0.1, 0.15) is 11.4 Å². The average Bonchev–Trinajstić information content (AvgIpc) is 3.31. The molecular weight excluding hydrogens is 483 g/mol. The van der Waals surface area contributed by atoms with Crippen LogP contribution in [0.3, 0.4) is 0 Å². The van der Waals surface area contributed by atoms with Gasteiger partial charge in [-0.25, -0.2) is 14.3 Å². The smallest absolute Gasteiger partial charge is 0.444 e. The molecule has 1 fully saturated rings. The van der Waals surface area contributed by atoms with Gasteiger partial charge in [0.15, 0.2) is 0 Å². The van der Waals surface area contributed by atoms with Gasteiger partial charge in [0.2, 0.25) is 10.1 Å². The van der Waals surface area contributed by atoms with Gasteiger partial charge in [-0.2, -0.15) is 0 Å². The fourth-order valence-corrected chi connectivity index (χ4v) is 4.78. The van der Waals surface area contributed by atoms with Crippen LogP contribution in [0, 0.1) is 5.92 Å². The summed E-state index contributed by atoms with van der Waals surface area (Å²) in [5.41, 5.74) is 0.520. The highest BCUT2D eigenvalue weighted by Gasteiger charge is 2.31. The monoisotopic (exact) mass is 511 g/mol. The maximum Gasteiger partial charge on any atom is 0.573 e. The summed E-state index contributed by atoms with van der Waals surface area (Å²) < 4.78 is 48.6. The summed E-state index contributed by atoms with van der Waals surface area (Å²) >= 11 is 1.41. The lowest BCUT2D eigenvalue weighted by Crippen LogP contribution is -2.43. The molecule has 2 aromatic heterocycles. The Bertz CT molecular complexity index is 1150. The number of likely N-dealkylation sites (tertiary alicyclic amines) is 1. The number of ether oxygens (including phenoxy) is 2. The third-order valence-electron chi connectivity index (χ3n) is 5.52. The van der Waals surface area contributed by atoms with E-state index in [9.17, 15) is 18.0 Å². The zero-order valence-corrected chi connectivity index (χ0v) is 20.8. The second-order valence-corrected chi connectivity index (χ2v) is 10.5. The van der Waals surface area contributed by atoms with Crippen LogP contribution in [0.1, 0.15) is 33.6 Å². The Hall–Kier alpha value is -3.02. The number of carbonyl (C=O) groups excluding carboxylic acids is 1. The van der Waals surface area contributed by atoms with Gasteiger partial charge in [0, 0.05) is 32.2 Å². The van der Waals surface area contributed by atoms with Gasteiger partial charge in [-0.15, -0.1) is 18.3 Å². The van der Waals surface area contributed by atoms with Crippen LogP contribution >= 0.6 is 11.3 Å². The second kappa shape index (κ2) is 9.56.